The van der Waals surface area contributed by atoms with E-state index < -0.39 is 0 Å². The van der Waals surface area contributed by atoms with Crippen LogP contribution in [0.5, 0.6) is 5.75 Å². The maximum Gasteiger partial charge on any atom is 0.122 e. The number of aryl methyl sites for hydroxylation is 2. The van der Waals surface area contributed by atoms with Gasteiger partial charge in [-0.25, -0.2) is 0 Å². The van der Waals surface area contributed by atoms with Gasteiger partial charge < -0.3 is 15.4 Å². The van der Waals surface area contributed by atoms with Gasteiger partial charge in [0.2, 0.25) is 0 Å². The van der Waals surface area contributed by atoms with Crippen molar-refractivity contribution in [3.8, 4) is 5.75 Å². The molecule has 2 heterocycles. The largest absolute Gasteiger partial charge is 0.496 e. The number of ether oxygens (including phenoxy) is 1. The Labute approximate surface area is 144 Å². The molecule has 0 radical (unpaired) electrons. The van der Waals surface area contributed by atoms with Crippen molar-refractivity contribution < 1.29 is 4.74 Å². The molecule has 0 saturated carbocycles. The van der Waals surface area contributed by atoms with Crippen LogP contribution in [0.1, 0.15) is 43.0 Å². The van der Waals surface area contributed by atoms with E-state index >= 15 is 0 Å². The molecular formula is C20H27N3O. The number of aromatic nitrogens is 1. The lowest BCUT2D eigenvalue weighted by Gasteiger charge is -2.27. The number of nitrogens with zero attached hydrogens (tertiary/aromatic N) is 1. The zero-order valence-electron chi connectivity index (χ0n) is 14.7. The normalized spacial score (nSPS) is 17.9. The Kier molecular flexibility index (Phi) is 4.31. The first-order valence-corrected chi connectivity index (χ1v) is 9.29. The van der Waals surface area contributed by atoms with Crippen LogP contribution in [0.2, 0.25) is 0 Å². The Morgan fingerprint density at radius 3 is 2.83 bits per heavy atom. The molecule has 0 atom stereocenters. The average Bonchev–Trinajstić information content (AvgIpc) is 3.09. The predicted octanol–water partition coefficient (Wildman–Crippen LogP) is 3.46. The molecule has 1 fully saturated rings. The summed E-state index contributed by atoms with van der Waals surface area (Å²) in [6.07, 6.45) is 6.81. The minimum Gasteiger partial charge on any atom is -0.496 e. The number of fused-ring (bicyclic) bond motifs is 2. The minimum absolute atomic E-state index is 0.554. The SMILES string of the molecule is CCc1cc2nc3c(c(NC4CCNCC4)c2cc1OC)CCC3. The lowest BCUT2D eigenvalue weighted by atomic mass is 10.0. The summed E-state index contributed by atoms with van der Waals surface area (Å²) in [5.41, 5.74) is 6.41. The first-order chi connectivity index (χ1) is 11.8. The molecule has 1 saturated heterocycles. The molecule has 1 aliphatic carbocycles. The van der Waals surface area contributed by atoms with E-state index in [9.17, 15) is 0 Å². The predicted molar refractivity (Wildman–Crippen MR) is 99.2 cm³/mol. The Morgan fingerprint density at radius 2 is 2.08 bits per heavy atom. The van der Waals surface area contributed by atoms with Crippen molar-refractivity contribution in [2.24, 2.45) is 0 Å². The summed E-state index contributed by atoms with van der Waals surface area (Å²) in [5.74, 6) is 0.984. The highest BCUT2D eigenvalue weighted by Crippen LogP contribution is 2.38. The molecule has 1 aromatic heterocycles. The van der Waals surface area contributed by atoms with Crippen LogP contribution in [0.3, 0.4) is 0 Å². The molecule has 4 heteroatoms. The van der Waals surface area contributed by atoms with Crippen molar-refractivity contribution in [2.45, 2.75) is 51.5 Å². The molecular weight excluding hydrogens is 298 g/mol. The van der Waals surface area contributed by atoms with Crippen molar-refractivity contribution in [2.75, 3.05) is 25.5 Å². The van der Waals surface area contributed by atoms with Gasteiger partial charge in [0, 0.05) is 22.8 Å². The molecule has 1 aromatic carbocycles. The maximum absolute atomic E-state index is 5.64. The Hall–Kier alpha value is -1.81. The summed E-state index contributed by atoms with van der Waals surface area (Å²) in [5, 5.41) is 8.55. The lowest BCUT2D eigenvalue weighted by molar-refractivity contribution is 0.411. The van der Waals surface area contributed by atoms with E-state index in [0.29, 0.717) is 6.04 Å². The minimum atomic E-state index is 0.554. The molecule has 2 aliphatic rings. The number of benzene rings is 1. The first kappa shape index (κ1) is 15.7. The van der Waals surface area contributed by atoms with Crippen LogP contribution in [0, 0.1) is 0 Å². The number of hydrogen-bond acceptors (Lipinski definition) is 4. The third-order valence-corrected chi connectivity index (χ3v) is 5.48. The van der Waals surface area contributed by atoms with E-state index in [4.69, 9.17) is 9.72 Å². The summed E-state index contributed by atoms with van der Waals surface area (Å²) < 4.78 is 5.64. The monoisotopic (exact) mass is 325 g/mol. The van der Waals surface area contributed by atoms with Gasteiger partial charge in [-0.3, -0.25) is 4.98 Å². The smallest absolute Gasteiger partial charge is 0.122 e. The fourth-order valence-corrected chi connectivity index (χ4v) is 4.13. The molecule has 0 amide bonds. The van der Waals surface area contributed by atoms with E-state index in [1.165, 1.54) is 47.2 Å². The van der Waals surface area contributed by atoms with Gasteiger partial charge in [-0.05, 0) is 74.9 Å². The lowest BCUT2D eigenvalue weighted by Crippen LogP contribution is -2.35. The second kappa shape index (κ2) is 6.60. The first-order valence-electron chi connectivity index (χ1n) is 9.29. The molecule has 24 heavy (non-hydrogen) atoms. The van der Waals surface area contributed by atoms with Gasteiger partial charge in [-0.15, -0.1) is 0 Å². The number of rotatable bonds is 4. The Morgan fingerprint density at radius 1 is 1.25 bits per heavy atom. The molecule has 0 bridgehead atoms. The molecule has 1 aliphatic heterocycles. The Balaban J connectivity index is 1.85. The second-order valence-corrected chi connectivity index (χ2v) is 6.97. The zero-order valence-corrected chi connectivity index (χ0v) is 14.7. The van der Waals surface area contributed by atoms with E-state index in [-0.39, 0.29) is 0 Å². The average molecular weight is 325 g/mol. The second-order valence-electron chi connectivity index (χ2n) is 6.97. The van der Waals surface area contributed by atoms with Gasteiger partial charge in [0.1, 0.15) is 5.75 Å². The number of anilines is 1. The summed E-state index contributed by atoms with van der Waals surface area (Å²) in [6, 6.07) is 4.97. The van der Waals surface area contributed by atoms with Gasteiger partial charge >= 0.3 is 0 Å². The summed E-state index contributed by atoms with van der Waals surface area (Å²) >= 11 is 0. The number of piperidine rings is 1. The number of nitrogens with one attached hydrogen (secondary N) is 2. The third kappa shape index (κ3) is 2.73. The molecule has 0 spiro atoms. The van der Waals surface area contributed by atoms with Crippen LogP contribution in [-0.2, 0) is 19.3 Å². The van der Waals surface area contributed by atoms with Crippen LogP contribution in [-0.4, -0.2) is 31.2 Å². The van der Waals surface area contributed by atoms with Gasteiger partial charge in [-0.1, -0.05) is 6.92 Å². The third-order valence-electron chi connectivity index (χ3n) is 5.48. The highest BCUT2D eigenvalue weighted by Gasteiger charge is 2.23. The fraction of sp³-hybridized carbons (Fsp3) is 0.550. The number of methoxy groups -OCH3 is 1. The molecule has 2 aromatic rings. The van der Waals surface area contributed by atoms with Gasteiger partial charge in [0.05, 0.1) is 12.6 Å². The highest BCUT2D eigenvalue weighted by molar-refractivity contribution is 5.95. The maximum atomic E-state index is 5.64. The fourth-order valence-electron chi connectivity index (χ4n) is 4.13. The van der Waals surface area contributed by atoms with Crippen molar-refractivity contribution in [3.63, 3.8) is 0 Å². The summed E-state index contributed by atoms with van der Waals surface area (Å²) in [7, 11) is 1.76. The van der Waals surface area contributed by atoms with Crippen LogP contribution in [0.25, 0.3) is 10.9 Å². The number of pyridine rings is 1. The van der Waals surface area contributed by atoms with Crippen LogP contribution in [0.4, 0.5) is 5.69 Å². The van der Waals surface area contributed by atoms with Crippen LogP contribution >= 0.6 is 0 Å². The van der Waals surface area contributed by atoms with E-state index in [1.54, 1.807) is 7.11 Å². The van der Waals surface area contributed by atoms with E-state index in [2.05, 4.69) is 29.7 Å². The Bertz CT molecular complexity index is 750. The van der Waals surface area contributed by atoms with Crippen molar-refractivity contribution in [1.82, 2.24) is 10.3 Å². The topological polar surface area (TPSA) is 46.2 Å². The van der Waals surface area contributed by atoms with Crippen molar-refractivity contribution in [1.29, 1.82) is 0 Å². The highest BCUT2D eigenvalue weighted by atomic mass is 16.5. The van der Waals surface area contributed by atoms with E-state index in [1.807, 2.05) is 0 Å². The molecule has 2 N–H and O–H groups in total. The van der Waals surface area contributed by atoms with E-state index in [0.717, 1.165) is 43.6 Å². The van der Waals surface area contributed by atoms with Gasteiger partial charge in [0.15, 0.2) is 0 Å². The standard InChI is InChI=1S/C20H27N3O/c1-3-13-11-18-16(12-19(13)24-2)20(15-5-4-6-17(15)23-18)22-14-7-9-21-10-8-14/h11-12,14,21H,3-10H2,1-2H3,(H,22,23). The van der Waals surface area contributed by atoms with Gasteiger partial charge in [0.25, 0.3) is 0 Å². The number of hydrogen-bond donors (Lipinski definition) is 2. The van der Waals surface area contributed by atoms with Crippen molar-refractivity contribution in [3.05, 3.63) is 29.0 Å². The molecule has 128 valence electrons. The molecule has 4 rings (SSSR count). The molecule has 4 nitrogen and oxygen atoms in total. The quantitative estimate of drug-likeness (QED) is 0.904. The van der Waals surface area contributed by atoms with Crippen LogP contribution in [0.15, 0.2) is 12.1 Å². The van der Waals surface area contributed by atoms with Crippen LogP contribution < -0.4 is 15.4 Å². The summed E-state index contributed by atoms with van der Waals surface area (Å²) in [4.78, 5) is 4.99. The molecule has 0 unspecified atom stereocenters. The summed E-state index contributed by atoms with van der Waals surface area (Å²) in [6.45, 7) is 4.38. The van der Waals surface area contributed by atoms with Gasteiger partial charge in [-0.2, -0.15) is 0 Å². The van der Waals surface area contributed by atoms with Crippen molar-refractivity contribution >= 4 is 16.6 Å². The zero-order chi connectivity index (χ0) is 16.5.